The second-order valence-electron chi connectivity index (χ2n) is 3.20. The number of nitrogens with two attached hydrogens (primary N) is 1. The molecule has 0 radical (unpaired) electrons. The summed E-state index contributed by atoms with van der Waals surface area (Å²) in [6.07, 6.45) is 4.87. The third kappa shape index (κ3) is 2.64. The zero-order chi connectivity index (χ0) is 8.10. The van der Waals surface area contributed by atoms with Gasteiger partial charge in [0.15, 0.2) is 0 Å². The zero-order valence-electron chi connectivity index (χ0n) is 7.10. The molecule has 0 aromatic rings. The lowest BCUT2D eigenvalue weighted by Gasteiger charge is -2.25. The number of hydrogen-bond acceptors (Lipinski definition) is 2. The lowest BCUT2D eigenvalue weighted by atomic mass is 9.97. The molecule has 64 valence electrons. The second-order valence-corrected chi connectivity index (χ2v) is 3.20. The lowest BCUT2D eigenvalue weighted by molar-refractivity contribution is 0.433. The van der Waals surface area contributed by atoms with Crippen LogP contribution < -0.4 is 11.1 Å². The van der Waals surface area contributed by atoms with Crippen LogP contribution in [0.4, 0.5) is 0 Å². The number of nitrogens with one attached hydrogen (secondary N) is 1. The van der Waals surface area contributed by atoms with Gasteiger partial charge < -0.3 is 11.1 Å². The molecule has 0 bridgehead atoms. The monoisotopic (exact) mass is 154 g/mol. The molecule has 0 aromatic heterocycles. The van der Waals surface area contributed by atoms with Crippen molar-refractivity contribution in [3.05, 3.63) is 12.2 Å². The molecule has 11 heavy (non-hydrogen) atoms. The first-order valence-corrected chi connectivity index (χ1v) is 4.45. The predicted octanol–water partition coefficient (Wildman–Crippen LogP) is 1.03. The molecule has 0 aromatic carbocycles. The van der Waals surface area contributed by atoms with Gasteiger partial charge in [-0.3, -0.25) is 0 Å². The minimum absolute atomic E-state index is 0.548. The highest BCUT2D eigenvalue weighted by Gasteiger charge is 2.14. The number of hydrogen-bond donors (Lipinski definition) is 2. The number of piperidine rings is 1. The Kier molecular flexibility index (Phi) is 3.60. The molecule has 2 heteroatoms. The van der Waals surface area contributed by atoms with E-state index in [4.69, 9.17) is 5.73 Å². The summed E-state index contributed by atoms with van der Waals surface area (Å²) in [6, 6.07) is 0.548. The Hall–Kier alpha value is -0.340. The average molecular weight is 154 g/mol. The highest BCUT2D eigenvalue weighted by molar-refractivity contribution is 5.06. The van der Waals surface area contributed by atoms with Gasteiger partial charge in [-0.2, -0.15) is 0 Å². The normalized spacial score (nSPS) is 25.0. The molecule has 0 aliphatic carbocycles. The van der Waals surface area contributed by atoms with E-state index in [1.807, 2.05) is 0 Å². The molecule has 0 saturated carbocycles. The summed E-state index contributed by atoms with van der Waals surface area (Å²) in [5, 5.41) is 3.45. The van der Waals surface area contributed by atoms with Gasteiger partial charge in [-0.1, -0.05) is 18.6 Å². The van der Waals surface area contributed by atoms with Crippen LogP contribution in [0.3, 0.4) is 0 Å². The van der Waals surface area contributed by atoms with Crippen molar-refractivity contribution >= 4 is 0 Å². The van der Waals surface area contributed by atoms with Gasteiger partial charge in [0.1, 0.15) is 0 Å². The molecule has 0 amide bonds. The van der Waals surface area contributed by atoms with Crippen molar-refractivity contribution in [2.24, 2.45) is 5.73 Å². The lowest BCUT2D eigenvalue weighted by Crippen LogP contribution is -2.35. The maximum Gasteiger partial charge on any atom is 0.0277 e. The molecule has 1 rings (SSSR count). The summed E-state index contributed by atoms with van der Waals surface area (Å²) in [7, 11) is 0. The third-order valence-corrected chi connectivity index (χ3v) is 2.27. The van der Waals surface area contributed by atoms with Gasteiger partial charge in [0, 0.05) is 6.04 Å². The third-order valence-electron chi connectivity index (χ3n) is 2.27. The molecule has 0 spiro atoms. The van der Waals surface area contributed by atoms with E-state index in [0.29, 0.717) is 6.04 Å². The van der Waals surface area contributed by atoms with E-state index in [0.717, 1.165) is 19.5 Å². The average Bonchev–Trinajstić information content (AvgIpc) is 2.07. The van der Waals surface area contributed by atoms with E-state index in [2.05, 4.69) is 11.9 Å². The Balaban J connectivity index is 2.27. The first kappa shape index (κ1) is 8.75. The van der Waals surface area contributed by atoms with Crippen LogP contribution in [0.5, 0.6) is 0 Å². The first-order valence-electron chi connectivity index (χ1n) is 4.45. The van der Waals surface area contributed by atoms with Crippen molar-refractivity contribution in [2.45, 2.75) is 31.7 Å². The fourth-order valence-electron chi connectivity index (χ4n) is 1.56. The Morgan fingerprint density at radius 3 is 2.91 bits per heavy atom. The standard InChI is InChI=1S/C9H18N2/c1-8(5-6-10)9-4-2-3-7-11-9/h9,11H,1-7,10H2. The van der Waals surface area contributed by atoms with Gasteiger partial charge in [-0.05, 0) is 32.4 Å². The van der Waals surface area contributed by atoms with Crippen LogP contribution in [-0.2, 0) is 0 Å². The van der Waals surface area contributed by atoms with Gasteiger partial charge >= 0.3 is 0 Å². The van der Waals surface area contributed by atoms with Crippen molar-refractivity contribution in [3.63, 3.8) is 0 Å². The molecule has 3 N–H and O–H groups in total. The van der Waals surface area contributed by atoms with Crippen molar-refractivity contribution in [1.29, 1.82) is 0 Å². The summed E-state index contributed by atoms with van der Waals surface area (Å²) in [6.45, 7) is 5.91. The Labute approximate surface area is 68.9 Å². The minimum atomic E-state index is 0.548. The molecule has 1 aliphatic heterocycles. The summed E-state index contributed by atoms with van der Waals surface area (Å²) >= 11 is 0. The molecule has 2 nitrogen and oxygen atoms in total. The summed E-state index contributed by atoms with van der Waals surface area (Å²) in [5.74, 6) is 0. The molecular formula is C9H18N2. The molecule has 1 saturated heterocycles. The van der Waals surface area contributed by atoms with Crippen molar-refractivity contribution in [1.82, 2.24) is 5.32 Å². The zero-order valence-corrected chi connectivity index (χ0v) is 7.10. The van der Waals surface area contributed by atoms with Crippen LogP contribution >= 0.6 is 0 Å². The van der Waals surface area contributed by atoms with E-state index in [1.54, 1.807) is 0 Å². The smallest absolute Gasteiger partial charge is 0.0277 e. The molecule has 1 unspecified atom stereocenters. The van der Waals surface area contributed by atoms with Crippen molar-refractivity contribution in [2.75, 3.05) is 13.1 Å². The van der Waals surface area contributed by atoms with E-state index < -0.39 is 0 Å². The van der Waals surface area contributed by atoms with Gasteiger partial charge in [0.25, 0.3) is 0 Å². The van der Waals surface area contributed by atoms with E-state index in [-0.39, 0.29) is 0 Å². The highest BCUT2D eigenvalue weighted by atomic mass is 14.9. The van der Waals surface area contributed by atoms with Gasteiger partial charge in [0.2, 0.25) is 0 Å². The SMILES string of the molecule is C=C(CCN)C1CCCCN1. The fourth-order valence-corrected chi connectivity index (χ4v) is 1.56. The quantitative estimate of drug-likeness (QED) is 0.596. The highest BCUT2D eigenvalue weighted by Crippen LogP contribution is 2.14. The van der Waals surface area contributed by atoms with Gasteiger partial charge in [-0.25, -0.2) is 0 Å². The maximum atomic E-state index is 5.45. The van der Waals surface area contributed by atoms with Crippen LogP contribution in [0.25, 0.3) is 0 Å². The fraction of sp³-hybridized carbons (Fsp3) is 0.778. The Morgan fingerprint density at radius 1 is 1.55 bits per heavy atom. The topological polar surface area (TPSA) is 38.0 Å². The van der Waals surface area contributed by atoms with Crippen molar-refractivity contribution < 1.29 is 0 Å². The largest absolute Gasteiger partial charge is 0.330 e. The van der Waals surface area contributed by atoms with Gasteiger partial charge in [0.05, 0.1) is 0 Å². The Morgan fingerprint density at radius 2 is 2.36 bits per heavy atom. The number of rotatable bonds is 3. The van der Waals surface area contributed by atoms with Gasteiger partial charge in [-0.15, -0.1) is 0 Å². The van der Waals surface area contributed by atoms with Crippen LogP contribution in [0.15, 0.2) is 12.2 Å². The summed E-state index contributed by atoms with van der Waals surface area (Å²) in [4.78, 5) is 0. The molecule has 1 aliphatic rings. The summed E-state index contributed by atoms with van der Waals surface area (Å²) < 4.78 is 0. The van der Waals surface area contributed by atoms with Crippen LogP contribution in [0.2, 0.25) is 0 Å². The minimum Gasteiger partial charge on any atom is -0.330 e. The van der Waals surface area contributed by atoms with Crippen LogP contribution in [0.1, 0.15) is 25.7 Å². The van der Waals surface area contributed by atoms with Crippen molar-refractivity contribution in [3.8, 4) is 0 Å². The molecule has 1 heterocycles. The maximum absolute atomic E-state index is 5.45. The van der Waals surface area contributed by atoms with Crippen LogP contribution in [0, 0.1) is 0 Å². The molecular weight excluding hydrogens is 136 g/mol. The second kappa shape index (κ2) is 4.52. The molecule has 1 atom stereocenters. The first-order chi connectivity index (χ1) is 5.34. The molecule has 1 fully saturated rings. The Bertz CT molecular complexity index is 126. The van der Waals surface area contributed by atoms with E-state index >= 15 is 0 Å². The predicted molar refractivity (Wildman–Crippen MR) is 48.5 cm³/mol. The van der Waals surface area contributed by atoms with E-state index in [1.165, 1.54) is 24.8 Å². The van der Waals surface area contributed by atoms with Crippen LogP contribution in [-0.4, -0.2) is 19.1 Å². The summed E-state index contributed by atoms with van der Waals surface area (Å²) in [5.41, 5.74) is 6.73. The van der Waals surface area contributed by atoms with E-state index in [9.17, 15) is 0 Å².